The highest BCUT2D eigenvalue weighted by Crippen LogP contribution is 2.31. The van der Waals surface area contributed by atoms with Crippen LogP contribution < -0.4 is 0 Å². The molecular formula is C18H18Cl2N2O5. The Morgan fingerprint density at radius 2 is 1.67 bits per heavy atom. The summed E-state index contributed by atoms with van der Waals surface area (Å²) in [4.78, 5) is 50.9. The quantitative estimate of drug-likeness (QED) is 0.390. The molecule has 0 unspecified atom stereocenters. The molecule has 1 aromatic rings. The lowest BCUT2D eigenvalue weighted by atomic mass is 10.1. The van der Waals surface area contributed by atoms with Gasteiger partial charge in [0, 0.05) is 13.1 Å². The van der Waals surface area contributed by atoms with Crippen LogP contribution in [0, 0.1) is 0 Å². The number of rotatable bonds is 7. The fourth-order valence-electron chi connectivity index (χ4n) is 2.54. The van der Waals surface area contributed by atoms with Crippen LogP contribution >= 0.6 is 23.2 Å². The van der Waals surface area contributed by atoms with Gasteiger partial charge in [0.2, 0.25) is 0 Å². The van der Waals surface area contributed by atoms with Crippen molar-refractivity contribution in [2.75, 3.05) is 26.2 Å². The van der Waals surface area contributed by atoms with E-state index >= 15 is 0 Å². The zero-order chi connectivity index (χ0) is 20.3. The van der Waals surface area contributed by atoms with E-state index in [0.29, 0.717) is 13.1 Å². The van der Waals surface area contributed by atoms with E-state index in [0.717, 1.165) is 10.5 Å². The number of esters is 1. The molecule has 0 radical (unpaired) electrons. The first-order chi connectivity index (χ1) is 12.6. The first kappa shape index (κ1) is 20.9. The van der Waals surface area contributed by atoms with E-state index in [1.165, 1.54) is 17.0 Å². The Morgan fingerprint density at radius 1 is 1.15 bits per heavy atom. The van der Waals surface area contributed by atoms with Gasteiger partial charge in [-0.05, 0) is 26.0 Å². The maximum absolute atomic E-state index is 12.3. The van der Waals surface area contributed by atoms with Crippen molar-refractivity contribution in [3.05, 3.63) is 45.5 Å². The van der Waals surface area contributed by atoms with E-state index in [9.17, 15) is 19.2 Å². The topological polar surface area (TPSA) is 84.0 Å². The van der Waals surface area contributed by atoms with Crippen LogP contribution in [0.2, 0.25) is 10.0 Å². The summed E-state index contributed by atoms with van der Waals surface area (Å²) in [6, 6.07) is 2.57. The smallest absolute Gasteiger partial charge is 0.326 e. The number of carbonyl (C=O) groups is 4. The fraction of sp³-hybridized carbons (Fsp3) is 0.333. The third kappa shape index (κ3) is 4.67. The molecule has 0 N–H and O–H groups in total. The summed E-state index contributed by atoms with van der Waals surface area (Å²) in [5.41, 5.74) is 0.925. The Bertz CT molecular complexity index is 796. The van der Waals surface area contributed by atoms with Crippen LogP contribution in [0.4, 0.5) is 0 Å². The van der Waals surface area contributed by atoms with Crippen LogP contribution in [0.3, 0.4) is 0 Å². The molecule has 1 aliphatic heterocycles. The molecule has 1 heterocycles. The van der Waals surface area contributed by atoms with E-state index in [1.807, 2.05) is 0 Å². The van der Waals surface area contributed by atoms with Gasteiger partial charge in [0.1, 0.15) is 6.54 Å². The highest BCUT2D eigenvalue weighted by atomic mass is 35.5. The maximum Gasteiger partial charge on any atom is 0.326 e. The second kappa shape index (κ2) is 8.54. The Kier molecular flexibility index (Phi) is 6.62. The van der Waals surface area contributed by atoms with Gasteiger partial charge in [0.25, 0.3) is 17.7 Å². The predicted octanol–water partition coefficient (Wildman–Crippen LogP) is 2.56. The van der Waals surface area contributed by atoms with E-state index in [1.54, 1.807) is 13.8 Å². The number of benzene rings is 1. The minimum absolute atomic E-state index is 0.0666. The molecule has 0 saturated heterocycles. The summed E-state index contributed by atoms with van der Waals surface area (Å²) in [6.45, 7) is 7.00. The third-order valence-corrected chi connectivity index (χ3v) is 4.57. The molecule has 9 heteroatoms. The SMILES string of the molecule is C=C(C)CN(CC)C(=O)COC(=O)CN1C(=O)c2cc(Cl)c(Cl)cc2C1=O. The van der Waals surface area contributed by atoms with Crippen LogP contribution in [-0.2, 0) is 14.3 Å². The summed E-state index contributed by atoms with van der Waals surface area (Å²) in [7, 11) is 0. The Balaban J connectivity index is 1.98. The van der Waals surface area contributed by atoms with Crippen molar-refractivity contribution in [2.45, 2.75) is 13.8 Å². The largest absolute Gasteiger partial charge is 0.454 e. The zero-order valence-corrected chi connectivity index (χ0v) is 16.4. The number of nitrogens with zero attached hydrogens (tertiary/aromatic N) is 2. The first-order valence-corrected chi connectivity index (χ1v) is 8.84. The molecule has 1 aliphatic rings. The molecule has 0 atom stereocenters. The Hall–Kier alpha value is -2.38. The molecule has 0 fully saturated rings. The van der Waals surface area contributed by atoms with Crippen molar-refractivity contribution < 1.29 is 23.9 Å². The lowest BCUT2D eigenvalue weighted by Gasteiger charge is -2.21. The maximum atomic E-state index is 12.3. The van der Waals surface area contributed by atoms with Crippen LogP contribution in [-0.4, -0.2) is 59.7 Å². The molecule has 1 aromatic carbocycles. The van der Waals surface area contributed by atoms with Crippen molar-refractivity contribution in [3.8, 4) is 0 Å². The number of carbonyl (C=O) groups excluding carboxylic acids is 4. The predicted molar refractivity (Wildman–Crippen MR) is 99.9 cm³/mol. The molecule has 0 spiro atoms. The molecular weight excluding hydrogens is 395 g/mol. The number of likely N-dealkylation sites (N-methyl/N-ethyl adjacent to an activating group) is 1. The second-order valence-corrected chi connectivity index (χ2v) is 6.85. The highest BCUT2D eigenvalue weighted by molar-refractivity contribution is 6.43. The number of halogens is 2. The molecule has 3 amide bonds. The third-order valence-electron chi connectivity index (χ3n) is 3.85. The van der Waals surface area contributed by atoms with Crippen LogP contribution in [0.1, 0.15) is 34.6 Å². The Morgan fingerprint density at radius 3 is 2.11 bits per heavy atom. The van der Waals surface area contributed by atoms with E-state index in [2.05, 4.69) is 6.58 Å². The fourth-order valence-corrected chi connectivity index (χ4v) is 2.87. The number of hydrogen-bond acceptors (Lipinski definition) is 5. The van der Waals surface area contributed by atoms with Crippen LogP contribution in [0.15, 0.2) is 24.3 Å². The van der Waals surface area contributed by atoms with E-state index in [4.69, 9.17) is 27.9 Å². The van der Waals surface area contributed by atoms with Crippen molar-refractivity contribution in [1.29, 1.82) is 0 Å². The monoisotopic (exact) mass is 412 g/mol. The van der Waals surface area contributed by atoms with Crippen molar-refractivity contribution in [3.63, 3.8) is 0 Å². The lowest BCUT2D eigenvalue weighted by Crippen LogP contribution is -2.39. The molecule has 144 valence electrons. The van der Waals surface area contributed by atoms with Crippen molar-refractivity contribution >= 4 is 46.9 Å². The molecule has 27 heavy (non-hydrogen) atoms. The number of ether oxygens (including phenoxy) is 1. The molecule has 0 bridgehead atoms. The van der Waals surface area contributed by atoms with Gasteiger partial charge in [-0.25, -0.2) is 0 Å². The summed E-state index contributed by atoms with van der Waals surface area (Å²) in [6.07, 6.45) is 0. The first-order valence-electron chi connectivity index (χ1n) is 8.08. The van der Waals surface area contributed by atoms with Gasteiger partial charge >= 0.3 is 5.97 Å². The van der Waals surface area contributed by atoms with Crippen LogP contribution in [0.25, 0.3) is 0 Å². The van der Waals surface area contributed by atoms with Crippen LogP contribution in [0.5, 0.6) is 0 Å². The lowest BCUT2D eigenvalue weighted by molar-refractivity contribution is -0.151. The molecule has 0 saturated carbocycles. The normalized spacial score (nSPS) is 12.8. The molecule has 0 aromatic heterocycles. The van der Waals surface area contributed by atoms with Crippen molar-refractivity contribution in [1.82, 2.24) is 9.80 Å². The van der Waals surface area contributed by atoms with Gasteiger partial charge in [-0.1, -0.05) is 35.4 Å². The highest BCUT2D eigenvalue weighted by Gasteiger charge is 2.37. The minimum atomic E-state index is -0.874. The Labute approximate surface area is 166 Å². The second-order valence-electron chi connectivity index (χ2n) is 6.03. The van der Waals surface area contributed by atoms with Gasteiger partial charge in [-0.3, -0.25) is 24.1 Å². The average Bonchev–Trinajstić information content (AvgIpc) is 2.82. The van der Waals surface area contributed by atoms with Gasteiger partial charge in [-0.15, -0.1) is 0 Å². The van der Waals surface area contributed by atoms with Gasteiger partial charge < -0.3 is 9.64 Å². The van der Waals surface area contributed by atoms with Crippen molar-refractivity contribution in [2.24, 2.45) is 0 Å². The number of amides is 3. The number of hydrogen-bond donors (Lipinski definition) is 0. The summed E-state index contributed by atoms with van der Waals surface area (Å²) < 4.78 is 4.92. The molecule has 2 rings (SSSR count). The van der Waals surface area contributed by atoms with E-state index < -0.39 is 36.8 Å². The van der Waals surface area contributed by atoms with Gasteiger partial charge in [-0.2, -0.15) is 0 Å². The summed E-state index contributed by atoms with van der Waals surface area (Å²) >= 11 is 11.7. The average molecular weight is 413 g/mol. The van der Waals surface area contributed by atoms with Gasteiger partial charge in [0.05, 0.1) is 21.2 Å². The zero-order valence-electron chi connectivity index (χ0n) is 14.9. The summed E-state index contributed by atoms with van der Waals surface area (Å²) in [5, 5.41) is 0.257. The van der Waals surface area contributed by atoms with Gasteiger partial charge in [0.15, 0.2) is 6.61 Å². The van der Waals surface area contributed by atoms with E-state index in [-0.39, 0.29) is 21.2 Å². The number of fused-ring (bicyclic) bond motifs is 1. The molecule has 7 nitrogen and oxygen atoms in total. The summed E-state index contributed by atoms with van der Waals surface area (Å²) in [5.74, 6) is -2.61. The minimum Gasteiger partial charge on any atom is -0.454 e. The standard InChI is InChI=1S/C18H18Cl2N2O5/c1-4-21(7-10(2)3)15(23)9-27-16(24)8-22-17(25)11-5-13(19)14(20)6-12(11)18(22)26/h5-6H,2,4,7-9H2,1,3H3. The molecule has 0 aliphatic carbocycles. The number of imide groups is 1.